The molecular weight excluding hydrogens is 380 g/mol. The zero-order valence-electron chi connectivity index (χ0n) is 16.4. The van der Waals surface area contributed by atoms with Crippen molar-refractivity contribution in [3.05, 3.63) is 89.7 Å². The largest absolute Gasteiger partial charge is 0.334 e. The zero-order valence-corrected chi connectivity index (χ0v) is 16.4. The molecule has 2 atom stereocenters. The summed E-state index contributed by atoms with van der Waals surface area (Å²) in [6, 6.07) is 16.8. The van der Waals surface area contributed by atoms with Gasteiger partial charge >= 0.3 is 0 Å². The zero-order chi connectivity index (χ0) is 21.0. The molecule has 30 heavy (non-hydrogen) atoms. The van der Waals surface area contributed by atoms with Crippen molar-refractivity contribution in [1.29, 1.82) is 0 Å². The molecule has 1 aromatic heterocycles. The molecule has 150 valence electrons. The Balaban J connectivity index is 1.77. The van der Waals surface area contributed by atoms with Crippen LogP contribution < -0.4 is 10.6 Å². The van der Waals surface area contributed by atoms with Gasteiger partial charge in [0.1, 0.15) is 0 Å². The highest BCUT2D eigenvalue weighted by atomic mass is 16.2. The third-order valence-electron chi connectivity index (χ3n) is 6.16. The molecule has 2 aliphatic rings. The highest BCUT2D eigenvalue weighted by molar-refractivity contribution is 6.22. The number of imide groups is 1. The molecule has 2 aliphatic heterocycles. The molecular formula is C23H20N4O3. The normalized spacial score (nSPS) is 21.2. The van der Waals surface area contributed by atoms with E-state index in [1.165, 1.54) is 4.90 Å². The highest BCUT2D eigenvalue weighted by Crippen LogP contribution is 2.47. The van der Waals surface area contributed by atoms with Crippen LogP contribution in [0.5, 0.6) is 0 Å². The van der Waals surface area contributed by atoms with Crippen molar-refractivity contribution in [2.45, 2.75) is 11.6 Å². The first kappa shape index (κ1) is 18.3. The molecule has 0 saturated heterocycles. The van der Waals surface area contributed by atoms with Crippen molar-refractivity contribution in [2.75, 3.05) is 18.5 Å². The molecule has 3 aromatic rings. The predicted molar refractivity (Wildman–Crippen MR) is 111 cm³/mol. The first-order chi connectivity index (χ1) is 14.5. The standard InChI is InChI=1S/C23H20N4O3/c1-25-18-11-5-4-10-17(18)23(22(25)30,26-12-6-7-13-26)19(14-24)27-20(28)15-8-2-3-9-16(15)21(27)29/h2-13,19H,14,24H2,1H3/t19-,23+/m1/s1. The van der Waals surface area contributed by atoms with Crippen molar-refractivity contribution < 1.29 is 14.4 Å². The Kier molecular flexibility index (Phi) is 3.91. The van der Waals surface area contributed by atoms with Crippen LogP contribution in [0.15, 0.2) is 73.1 Å². The molecule has 0 fully saturated rings. The molecule has 3 amide bonds. The summed E-state index contributed by atoms with van der Waals surface area (Å²) in [7, 11) is 1.70. The number of likely N-dealkylation sites (N-methyl/N-ethyl adjacent to an activating group) is 1. The maximum absolute atomic E-state index is 13.8. The van der Waals surface area contributed by atoms with Crippen molar-refractivity contribution in [1.82, 2.24) is 9.47 Å². The fourth-order valence-corrected chi connectivity index (χ4v) is 4.84. The molecule has 0 bridgehead atoms. The average Bonchev–Trinajstić information content (AvgIpc) is 3.45. The summed E-state index contributed by atoms with van der Waals surface area (Å²) in [5, 5.41) is 0. The predicted octanol–water partition coefficient (Wildman–Crippen LogP) is 1.83. The number of carbonyl (C=O) groups excluding carboxylic acids is 3. The lowest BCUT2D eigenvalue weighted by atomic mass is 9.82. The second-order valence-corrected chi connectivity index (χ2v) is 7.52. The fraction of sp³-hybridized carbons (Fsp3) is 0.174. The molecule has 7 heteroatoms. The quantitative estimate of drug-likeness (QED) is 0.677. The van der Waals surface area contributed by atoms with E-state index in [0.717, 1.165) is 5.69 Å². The van der Waals surface area contributed by atoms with Crippen molar-refractivity contribution in [2.24, 2.45) is 5.73 Å². The lowest BCUT2D eigenvalue weighted by Crippen LogP contribution is -2.63. The van der Waals surface area contributed by atoms with Gasteiger partial charge in [-0.2, -0.15) is 0 Å². The molecule has 7 nitrogen and oxygen atoms in total. The average molecular weight is 400 g/mol. The summed E-state index contributed by atoms with van der Waals surface area (Å²) in [5.41, 5.74) is 6.96. The van der Waals surface area contributed by atoms with Gasteiger partial charge in [-0.05, 0) is 30.3 Å². The van der Waals surface area contributed by atoms with E-state index in [0.29, 0.717) is 16.7 Å². The lowest BCUT2D eigenvalue weighted by molar-refractivity contribution is -0.126. The number of hydrogen-bond donors (Lipinski definition) is 1. The molecule has 2 N–H and O–H groups in total. The van der Waals surface area contributed by atoms with Gasteiger partial charge in [0.15, 0.2) is 5.54 Å². The number of carbonyl (C=O) groups is 3. The molecule has 0 spiro atoms. The number of aromatic nitrogens is 1. The Labute approximate surface area is 173 Å². The van der Waals surface area contributed by atoms with Gasteiger partial charge in [0.2, 0.25) is 0 Å². The van der Waals surface area contributed by atoms with Gasteiger partial charge in [0.05, 0.1) is 17.2 Å². The smallest absolute Gasteiger partial charge is 0.261 e. The topological polar surface area (TPSA) is 88.6 Å². The van der Waals surface area contributed by atoms with Crippen LogP contribution in [-0.4, -0.2) is 46.8 Å². The number of nitrogens with zero attached hydrogens (tertiary/aromatic N) is 3. The molecule has 2 aromatic carbocycles. The number of nitrogens with two attached hydrogens (primary N) is 1. The Bertz CT molecular complexity index is 1150. The van der Waals surface area contributed by atoms with E-state index in [1.54, 1.807) is 53.2 Å². The Morgan fingerprint density at radius 2 is 1.43 bits per heavy atom. The number of amides is 3. The van der Waals surface area contributed by atoms with E-state index in [9.17, 15) is 14.4 Å². The van der Waals surface area contributed by atoms with Gasteiger partial charge in [-0.25, -0.2) is 0 Å². The molecule has 0 aliphatic carbocycles. The summed E-state index contributed by atoms with van der Waals surface area (Å²) >= 11 is 0. The molecule has 0 unspecified atom stereocenters. The summed E-state index contributed by atoms with van der Waals surface area (Å²) in [5.74, 6) is -1.11. The minimum atomic E-state index is -1.35. The van der Waals surface area contributed by atoms with Crippen LogP contribution in [0.4, 0.5) is 5.69 Å². The van der Waals surface area contributed by atoms with Crippen LogP contribution >= 0.6 is 0 Å². The lowest BCUT2D eigenvalue weighted by Gasteiger charge is -2.41. The van der Waals surface area contributed by atoms with Gasteiger partial charge in [0.25, 0.3) is 17.7 Å². The number of fused-ring (bicyclic) bond motifs is 2. The minimum Gasteiger partial charge on any atom is -0.334 e. The Hall–Kier alpha value is -3.71. The monoisotopic (exact) mass is 400 g/mol. The van der Waals surface area contributed by atoms with E-state index >= 15 is 0 Å². The van der Waals surface area contributed by atoms with E-state index in [4.69, 9.17) is 5.73 Å². The molecule has 0 saturated carbocycles. The van der Waals surface area contributed by atoms with Gasteiger partial charge < -0.3 is 15.2 Å². The van der Waals surface area contributed by atoms with Gasteiger partial charge in [0, 0.05) is 37.2 Å². The first-order valence-corrected chi connectivity index (χ1v) is 9.71. The first-order valence-electron chi connectivity index (χ1n) is 9.71. The number of hydrogen-bond acceptors (Lipinski definition) is 4. The van der Waals surface area contributed by atoms with Crippen LogP contribution in [0.2, 0.25) is 0 Å². The maximum atomic E-state index is 13.8. The Morgan fingerprint density at radius 1 is 0.867 bits per heavy atom. The fourth-order valence-electron chi connectivity index (χ4n) is 4.84. The van der Waals surface area contributed by atoms with Crippen molar-refractivity contribution >= 4 is 23.4 Å². The van der Waals surface area contributed by atoms with Crippen molar-refractivity contribution in [3.63, 3.8) is 0 Å². The van der Waals surface area contributed by atoms with E-state index in [2.05, 4.69) is 0 Å². The number of para-hydroxylation sites is 1. The van der Waals surface area contributed by atoms with Crippen LogP contribution in [0.3, 0.4) is 0 Å². The summed E-state index contributed by atoms with van der Waals surface area (Å²) in [6.45, 7) is -0.0719. The van der Waals surface area contributed by atoms with Crippen molar-refractivity contribution in [3.8, 4) is 0 Å². The highest BCUT2D eigenvalue weighted by Gasteiger charge is 2.60. The second-order valence-electron chi connectivity index (χ2n) is 7.52. The number of benzene rings is 2. The van der Waals surface area contributed by atoms with Gasteiger partial charge in [-0.15, -0.1) is 0 Å². The second kappa shape index (κ2) is 6.40. The van der Waals surface area contributed by atoms with E-state index < -0.39 is 23.4 Å². The summed E-state index contributed by atoms with van der Waals surface area (Å²) in [4.78, 5) is 43.1. The van der Waals surface area contributed by atoms with Crippen LogP contribution in [0.1, 0.15) is 26.3 Å². The molecule has 0 radical (unpaired) electrons. The van der Waals surface area contributed by atoms with Gasteiger partial charge in [-0.3, -0.25) is 19.3 Å². The summed E-state index contributed by atoms with van der Waals surface area (Å²) < 4.78 is 1.76. The van der Waals surface area contributed by atoms with Crippen LogP contribution in [0, 0.1) is 0 Å². The molecule has 3 heterocycles. The third kappa shape index (κ3) is 2.10. The third-order valence-corrected chi connectivity index (χ3v) is 6.16. The number of rotatable bonds is 4. The SMILES string of the molecule is CN1C(=O)[C@]([C@@H](CN)N2C(=O)c3ccccc3C2=O)(n2cccc2)c2ccccc21. The van der Waals surface area contributed by atoms with E-state index in [-0.39, 0.29) is 12.5 Å². The maximum Gasteiger partial charge on any atom is 0.261 e. The molecule has 5 rings (SSSR count). The minimum absolute atomic E-state index is 0.0719. The van der Waals surface area contributed by atoms with Crippen LogP contribution in [0.25, 0.3) is 0 Å². The summed E-state index contributed by atoms with van der Waals surface area (Å²) in [6.07, 6.45) is 3.54. The van der Waals surface area contributed by atoms with Crippen LogP contribution in [-0.2, 0) is 10.3 Å². The number of anilines is 1. The van der Waals surface area contributed by atoms with Gasteiger partial charge in [-0.1, -0.05) is 30.3 Å². The van der Waals surface area contributed by atoms with E-state index in [1.807, 2.05) is 36.4 Å². The Morgan fingerprint density at radius 3 is 2.03 bits per heavy atom.